The number of fused-ring (bicyclic) bond motifs is 9. The van der Waals surface area contributed by atoms with Crippen molar-refractivity contribution >= 4 is 11.8 Å². The number of esters is 1. The number of Topliss-reactive ketones (excluding diaryl/α,β-unsaturated/α-hetero) is 1. The molecule has 5 aliphatic carbocycles. The maximum atomic E-state index is 12.1. The maximum absolute atomic E-state index is 12.1. The topological polar surface area (TPSA) is 43.4 Å². The number of carbonyl (C=O) groups is 2. The molecule has 0 aromatic carbocycles. The Morgan fingerprint density at radius 3 is 2.78 bits per heavy atom. The van der Waals surface area contributed by atoms with E-state index in [-0.39, 0.29) is 17.0 Å². The van der Waals surface area contributed by atoms with Gasteiger partial charge in [-0.3, -0.25) is 9.59 Å². The van der Waals surface area contributed by atoms with Crippen LogP contribution in [-0.4, -0.2) is 17.4 Å². The summed E-state index contributed by atoms with van der Waals surface area (Å²) in [5.74, 6) is 4.72. The zero-order valence-corrected chi connectivity index (χ0v) is 16.3. The SMILES string of the molecule is C=C[C@@H]1C=C2CC(=O)CCC2C2CC[C@@]3(C)C(C4CC4[C@@]34CCC(=O)O4)C21. The lowest BCUT2D eigenvalue weighted by molar-refractivity contribution is -0.174. The molecule has 0 aromatic heterocycles. The standard InChI is InChI=1S/C24H30O3/c1-3-13-10-14-11-15(25)4-5-16(14)17-6-8-23(2)22(21(13)17)18-12-19(18)24(23)9-7-20(26)27-24/h3,10,13,16-19,21-22H,1,4-9,11-12H2,2H3/t13-,16?,17?,18?,19?,21?,22?,23+,24+/m1/s1. The number of rotatable bonds is 1. The average Bonchev–Trinajstić information content (AvgIpc) is 3.29. The van der Waals surface area contributed by atoms with Gasteiger partial charge in [-0.2, -0.15) is 0 Å². The van der Waals surface area contributed by atoms with Gasteiger partial charge in [0.25, 0.3) is 0 Å². The quantitative estimate of drug-likeness (QED) is 0.508. The molecular formula is C24H30O3. The van der Waals surface area contributed by atoms with E-state index in [0.29, 0.717) is 54.1 Å². The smallest absolute Gasteiger partial charge is 0.306 e. The predicted octanol–water partition coefficient (Wildman–Crippen LogP) is 4.47. The van der Waals surface area contributed by atoms with Crippen LogP contribution in [0.25, 0.3) is 0 Å². The van der Waals surface area contributed by atoms with Crippen molar-refractivity contribution in [2.24, 2.45) is 46.8 Å². The molecule has 0 radical (unpaired) electrons. The summed E-state index contributed by atoms with van der Waals surface area (Å²) in [6, 6.07) is 0. The molecule has 1 spiro atoms. The molecule has 144 valence electrons. The Morgan fingerprint density at radius 2 is 2.04 bits per heavy atom. The van der Waals surface area contributed by atoms with Crippen molar-refractivity contribution in [3.8, 4) is 0 Å². The summed E-state index contributed by atoms with van der Waals surface area (Å²) in [5.41, 5.74) is 1.36. The summed E-state index contributed by atoms with van der Waals surface area (Å²) in [7, 11) is 0. The predicted molar refractivity (Wildman–Crippen MR) is 102 cm³/mol. The van der Waals surface area contributed by atoms with Crippen LogP contribution in [-0.2, 0) is 14.3 Å². The molecule has 9 atom stereocenters. The van der Waals surface area contributed by atoms with Crippen molar-refractivity contribution in [2.45, 2.75) is 63.9 Å². The highest BCUT2D eigenvalue weighted by atomic mass is 16.6. The van der Waals surface area contributed by atoms with Crippen LogP contribution < -0.4 is 0 Å². The lowest BCUT2D eigenvalue weighted by Crippen LogP contribution is -2.56. The molecule has 6 aliphatic rings. The number of hydrogen-bond donors (Lipinski definition) is 0. The van der Waals surface area contributed by atoms with E-state index < -0.39 is 0 Å². The van der Waals surface area contributed by atoms with Gasteiger partial charge in [0.05, 0.1) is 0 Å². The van der Waals surface area contributed by atoms with Gasteiger partial charge >= 0.3 is 5.97 Å². The minimum Gasteiger partial charge on any atom is -0.458 e. The number of ether oxygens (including phenoxy) is 1. The second kappa shape index (κ2) is 5.15. The third-order valence-corrected chi connectivity index (χ3v) is 9.76. The van der Waals surface area contributed by atoms with Crippen molar-refractivity contribution in [3.63, 3.8) is 0 Å². The van der Waals surface area contributed by atoms with Crippen molar-refractivity contribution < 1.29 is 14.3 Å². The lowest BCUT2D eigenvalue weighted by atomic mass is 9.47. The van der Waals surface area contributed by atoms with Gasteiger partial charge in [-0.1, -0.05) is 24.6 Å². The third kappa shape index (κ3) is 1.89. The highest BCUT2D eigenvalue weighted by Gasteiger charge is 2.78. The Kier molecular flexibility index (Phi) is 3.16. The van der Waals surface area contributed by atoms with E-state index in [1.54, 1.807) is 0 Å². The minimum absolute atomic E-state index is 0.0292. The molecule has 1 saturated heterocycles. The Bertz CT molecular complexity index is 780. The summed E-state index contributed by atoms with van der Waals surface area (Å²) in [6.45, 7) is 6.64. The molecule has 3 heteroatoms. The molecule has 0 bridgehead atoms. The third-order valence-electron chi connectivity index (χ3n) is 9.76. The van der Waals surface area contributed by atoms with Gasteiger partial charge in [0.2, 0.25) is 0 Å². The normalized spacial score (nSPS) is 55.1. The van der Waals surface area contributed by atoms with E-state index in [9.17, 15) is 9.59 Å². The summed E-state index contributed by atoms with van der Waals surface area (Å²) in [6.07, 6.45) is 12.3. The monoisotopic (exact) mass is 366 g/mol. The van der Waals surface area contributed by atoms with Gasteiger partial charge in [-0.05, 0) is 67.6 Å². The number of carbonyl (C=O) groups excluding carboxylic acids is 2. The van der Waals surface area contributed by atoms with Gasteiger partial charge in [0.15, 0.2) is 0 Å². The van der Waals surface area contributed by atoms with Crippen molar-refractivity contribution in [3.05, 3.63) is 24.3 Å². The first kappa shape index (κ1) is 16.6. The van der Waals surface area contributed by atoms with Crippen LogP contribution in [0.1, 0.15) is 58.3 Å². The summed E-state index contributed by atoms with van der Waals surface area (Å²) >= 11 is 0. The van der Waals surface area contributed by atoms with E-state index in [1.165, 1.54) is 24.8 Å². The second-order valence-electron chi connectivity index (χ2n) is 10.5. The van der Waals surface area contributed by atoms with Gasteiger partial charge in [-0.25, -0.2) is 0 Å². The first-order valence-electron chi connectivity index (χ1n) is 11.1. The van der Waals surface area contributed by atoms with E-state index in [1.807, 2.05) is 0 Å². The van der Waals surface area contributed by atoms with Crippen LogP contribution in [0.2, 0.25) is 0 Å². The Balaban J connectivity index is 1.43. The van der Waals surface area contributed by atoms with Crippen LogP contribution >= 0.6 is 0 Å². The average molecular weight is 367 g/mol. The van der Waals surface area contributed by atoms with Crippen molar-refractivity contribution in [2.75, 3.05) is 0 Å². The number of allylic oxidation sites excluding steroid dienone is 3. The highest BCUT2D eigenvalue weighted by Crippen LogP contribution is 2.78. The zero-order chi connectivity index (χ0) is 18.6. The van der Waals surface area contributed by atoms with Crippen LogP contribution in [0.5, 0.6) is 0 Å². The van der Waals surface area contributed by atoms with Gasteiger partial charge < -0.3 is 4.74 Å². The van der Waals surface area contributed by atoms with Crippen LogP contribution in [0.3, 0.4) is 0 Å². The van der Waals surface area contributed by atoms with Gasteiger partial charge in [0, 0.05) is 30.6 Å². The van der Waals surface area contributed by atoms with Crippen molar-refractivity contribution in [1.82, 2.24) is 0 Å². The molecule has 4 saturated carbocycles. The fraction of sp³-hybridized carbons (Fsp3) is 0.750. The van der Waals surface area contributed by atoms with Crippen LogP contribution in [0, 0.1) is 46.8 Å². The summed E-state index contributed by atoms with van der Waals surface area (Å²) in [5, 5.41) is 0. The summed E-state index contributed by atoms with van der Waals surface area (Å²) < 4.78 is 6.18. The Labute approximate surface area is 161 Å². The number of ketones is 1. The molecule has 5 fully saturated rings. The van der Waals surface area contributed by atoms with Gasteiger partial charge in [0.1, 0.15) is 11.4 Å². The first-order chi connectivity index (χ1) is 13.0. The molecule has 0 amide bonds. The molecule has 0 N–H and O–H groups in total. The van der Waals surface area contributed by atoms with E-state index in [2.05, 4.69) is 25.7 Å². The maximum Gasteiger partial charge on any atom is 0.306 e. The Hall–Kier alpha value is -1.38. The zero-order valence-electron chi connectivity index (χ0n) is 16.3. The van der Waals surface area contributed by atoms with E-state index in [0.717, 1.165) is 25.2 Å². The fourth-order valence-electron chi connectivity index (χ4n) is 8.79. The molecule has 6 rings (SSSR count). The fourth-order valence-corrected chi connectivity index (χ4v) is 8.79. The van der Waals surface area contributed by atoms with Crippen molar-refractivity contribution in [1.29, 1.82) is 0 Å². The van der Waals surface area contributed by atoms with Gasteiger partial charge in [-0.15, -0.1) is 6.58 Å². The largest absolute Gasteiger partial charge is 0.458 e. The van der Waals surface area contributed by atoms with E-state index >= 15 is 0 Å². The molecule has 1 aliphatic heterocycles. The summed E-state index contributed by atoms with van der Waals surface area (Å²) in [4.78, 5) is 24.2. The molecule has 6 unspecified atom stereocenters. The van der Waals surface area contributed by atoms with Crippen LogP contribution in [0.15, 0.2) is 24.3 Å². The molecule has 3 nitrogen and oxygen atoms in total. The first-order valence-corrected chi connectivity index (χ1v) is 11.1. The van der Waals surface area contributed by atoms with E-state index in [4.69, 9.17) is 4.74 Å². The molecule has 0 aromatic rings. The molecule has 1 heterocycles. The highest BCUT2D eigenvalue weighted by molar-refractivity contribution is 5.82. The second-order valence-corrected chi connectivity index (χ2v) is 10.5. The Morgan fingerprint density at radius 1 is 1.19 bits per heavy atom. The molecular weight excluding hydrogens is 336 g/mol. The lowest BCUT2D eigenvalue weighted by Gasteiger charge is -2.58. The molecule has 27 heavy (non-hydrogen) atoms. The minimum atomic E-state index is -0.178. The number of hydrogen-bond acceptors (Lipinski definition) is 3. The van der Waals surface area contributed by atoms with Crippen LogP contribution in [0.4, 0.5) is 0 Å².